The summed E-state index contributed by atoms with van der Waals surface area (Å²) in [6.45, 7) is 4.54. The van der Waals surface area contributed by atoms with Gasteiger partial charge in [0.05, 0.1) is 18.2 Å². The molecule has 0 aliphatic carbocycles. The van der Waals surface area contributed by atoms with Crippen LogP contribution in [0.5, 0.6) is 0 Å². The summed E-state index contributed by atoms with van der Waals surface area (Å²) in [5.41, 5.74) is 0. The fourth-order valence-electron chi connectivity index (χ4n) is 0.568. The summed E-state index contributed by atoms with van der Waals surface area (Å²) in [5.74, 6) is -1.10. The van der Waals surface area contributed by atoms with Gasteiger partial charge in [0, 0.05) is 0 Å². The topological polar surface area (TPSA) is 71.4 Å². The second-order valence-corrected chi connectivity index (χ2v) is 7.36. The van der Waals surface area contributed by atoms with Gasteiger partial charge in [-0.1, -0.05) is 13.8 Å². The molecule has 3 nitrogen and oxygen atoms in total. The van der Waals surface area contributed by atoms with Gasteiger partial charge in [-0.05, 0) is 25.7 Å². The van der Waals surface area contributed by atoms with Crippen LogP contribution in [0, 0.1) is 39.9 Å². The van der Waals surface area contributed by atoms with Gasteiger partial charge in [-0.3, -0.25) is 0 Å². The molecule has 0 saturated carbocycles. The van der Waals surface area contributed by atoms with Crippen molar-refractivity contribution in [2.75, 3.05) is 18.6 Å². The monoisotopic (exact) mass is 227 g/mol. The molecule has 0 aromatic carbocycles. The van der Waals surface area contributed by atoms with Crippen LogP contribution < -0.4 is 0 Å². The predicted octanol–water partition coefficient (Wildman–Crippen LogP) is 2.96. The molecular weight excluding hydrogens is 213 g/mol. The second-order valence-electron chi connectivity index (χ2n) is 2.12. The molecule has 0 saturated heterocycles. The molecule has 0 atom stereocenters. The van der Waals surface area contributed by atoms with Crippen molar-refractivity contribution < 1.29 is 0 Å². The van der Waals surface area contributed by atoms with Crippen molar-refractivity contribution in [3.05, 3.63) is 0 Å². The van der Waals surface area contributed by atoms with E-state index in [0.29, 0.717) is 7.12 Å². The van der Waals surface area contributed by atoms with Gasteiger partial charge in [0.2, 0.25) is 5.92 Å². The molecule has 0 radical (unpaired) electrons. The van der Waals surface area contributed by atoms with Crippen LogP contribution >= 0.6 is 18.5 Å². The molecule has 0 spiro atoms. The standard InChI is InChI=1S/C5H13PS.C4HN3/c1-4-6(5-2)7-3;5-1-4(2-6)3-7/h4-5H2,1-3H3;4H. The molecule has 76 valence electrons. The van der Waals surface area contributed by atoms with Crippen molar-refractivity contribution in [1.82, 2.24) is 0 Å². The van der Waals surface area contributed by atoms with E-state index in [2.05, 4.69) is 20.1 Å². The minimum Gasteiger partial charge on any atom is -0.196 e. The summed E-state index contributed by atoms with van der Waals surface area (Å²) in [6, 6.07) is 4.44. The van der Waals surface area contributed by atoms with Crippen LogP contribution in [-0.4, -0.2) is 18.6 Å². The number of rotatable bonds is 3. The normalized spacial score (nSPS) is 8.14. The molecule has 0 fully saturated rings. The summed E-state index contributed by atoms with van der Waals surface area (Å²) < 4.78 is 0. The molecule has 14 heavy (non-hydrogen) atoms. The average Bonchev–Trinajstić information content (AvgIpc) is 2.24. The Morgan fingerprint density at radius 1 is 1.07 bits per heavy atom. The maximum absolute atomic E-state index is 7.83. The molecule has 0 aromatic rings. The first-order valence-electron chi connectivity index (χ1n) is 4.17. The van der Waals surface area contributed by atoms with Crippen LogP contribution in [0.25, 0.3) is 0 Å². The Hall–Kier alpha value is -0.750. The molecular formula is C9H14N3PS. The lowest BCUT2D eigenvalue weighted by molar-refractivity contribution is 1.10. The lowest BCUT2D eigenvalue weighted by Gasteiger charge is -2.05. The van der Waals surface area contributed by atoms with Crippen molar-refractivity contribution in [3.63, 3.8) is 0 Å². The molecule has 0 aliphatic rings. The highest BCUT2D eigenvalue weighted by atomic mass is 32.7. The van der Waals surface area contributed by atoms with Crippen molar-refractivity contribution >= 4 is 18.5 Å². The van der Waals surface area contributed by atoms with E-state index in [9.17, 15) is 0 Å². The quantitative estimate of drug-likeness (QED) is 0.695. The highest BCUT2D eigenvalue weighted by Gasteiger charge is 1.97. The Labute approximate surface area is 91.2 Å². The highest BCUT2D eigenvalue weighted by Crippen LogP contribution is 2.46. The maximum Gasteiger partial charge on any atom is 0.218 e. The molecule has 0 bridgehead atoms. The number of nitriles is 3. The summed E-state index contributed by atoms with van der Waals surface area (Å²) in [5, 5.41) is 23.5. The molecule has 5 heteroatoms. The van der Waals surface area contributed by atoms with E-state index in [0.717, 1.165) is 0 Å². The minimum atomic E-state index is -1.10. The van der Waals surface area contributed by atoms with Gasteiger partial charge >= 0.3 is 0 Å². The number of hydrogen-bond acceptors (Lipinski definition) is 4. The van der Waals surface area contributed by atoms with Crippen molar-refractivity contribution in [1.29, 1.82) is 15.8 Å². The molecule has 0 unspecified atom stereocenters. The van der Waals surface area contributed by atoms with Gasteiger partial charge in [-0.25, -0.2) is 0 Å². The van der Waals surface area contributed by atoms with Crippen LogP contribution in [0.4, 0.5) is 0 Å². The third-order valence-corrected chi connectivity index (χ3v) is 6.38. The summed E-state index contributed by atoms with van der Waals surface area (Å²) in [6.07, 6.45) is 4.97. The van der Waals surface area contributed by atoms with E-state index < -0.39 is 5.92 Å². The Morgan fingerprint density at radius 3 is 1.43 bits per heavy atom. The van der Waals surface area contributed by atoms with Crippen LogP contribution in [0.1, 0.15) is 13.8 Å². The van der Waals surface area contributed by atoms with Crippen molar-refractivity contribution in [2.24, 2.45) is 5.92 Å². The van der Waals surface area contributed by atoms with E-state index >= 15 is 0 Å². The smallest absolute Gasteiger partial charge is 0.196 e. The SMILES string of the molecule is CCP(CC)SC.N#CC(C#N)C#N. The van der Waals surface area contributed by atoms with E-state index in [1.807, 2.05) is 11.4 Å². The van der Waals surface area contributed by atoms with Crippen LogP contribution in [-0.2, 0) is 0 Å². The van der Waals surface area contributed by atoms with Crippen LogP contribution in [0.3, 0.4) is 0 Å². The third kappa shape index (κ3) is 9.34. The van der Waals surface area contributed by atoms with Crippen LogP contribution in [0.2, 0.25) is 0 Å². The van der Waals surface area contributed by atoms with E-state index in [-0.39, 0.29) is 0 Å². The molecule has 0 aromatic heterocycles. The molecule has 0 heterocycles. The zero-order valence-electron chi connectivity index (χ0n) is 8.69. The summed E-state index contributed by atoms with van der Waals surface area (Å²) in [7, 11) is 0.363. The molecule has 0 rings (SSSR count). The van der Waals surface area contributed by atoms with Crippen molar-refractivity contribution in [3.8, 4) is 18.2 Å². The lowest BCUT2D eigenvalue weighted by atomic mass is 10.2. The van der Waals surface area contributed by atoms with Gasteiger partial charge in [0.15, 0.2) is 0 Å². The fraction of sp³-hybridized carbons (Fsp3) is 0.667. The zero-order chi connectivity index (χ0) is 11.4. The van der Waals surface area contributed by atoms with E-state index in [1.54, 1.807) is 0 Å². The van der Waals surface area contributed by atoms with Gasteiger partial charge in [0.1, 0.15) is 0 Å². The Kier molecular flexibility index (Phi) is 13.7. The first-order chi connectivity index (χ1) is 6.69. The molecule has 0 amide bonds. The summed E-state index contributed by atoms with van der Waals surface area (Å²) in [4.78, 5) is 0. The molecule has 0 aliphatic heterocycles. The van der Waals surface area contributed by atoms with E-state index in [1.165, 1.54) is 30.5 Å². The Balaban J connectivity index is 0. The largest absolute Gasteiger partial charge is 0.218 e. The number of nitrogens with zero attached hydrogens (tertiary/aromatic N) is 3. The van der Waals surface area contributed by atoms with Gasteiger partial charge < -0.3 is 0 Å². The minimum absolute atomic E-state index is 0.363. The third-order valence-electron chi connectivity index (χ3n) is 1.35. The highest BCUT2D eigenvalue weighted by molar-refractivity contribution is 8.55. The van der Waals surface area contributed by atoms with Crippen LogP contribution in [0.15, 0.2) is 0 Å². The van der Waals surface area contributed by atoms with Crippen molar-refractivity contribution in [2.45, 2.75) is 13.8 Å². The average molecular weight is 227 g/mol. The Morgan fingerprint density at radius 2 is 1.43 bits per heavy atom. The lowest BCUT2D eigenvalue weighted by Crippen LogP contribution is -1.82. The van der Waals surface area contributed by atoms with Gasteiger partial charge in [-0.2, -0.15) is 15.8 Å². The number of hydrogen-bond donors (Lipinski definition) is 0. The van der Waals surface area contributed by atoms with E-state index in [4.69, 9.17) is 15.8 Å². The second kappa shape index (κ2) is 12.2. The fourth-order valence-corrected chi connectivity index (χ4v) is 3.08. The Bertz CT molecular complexity index is 205. The molecule has 0 N–H and O–H groups in total. The summed E-state index contributed by atoms with van der Waals surface area (Å²) >= 11 is 2.03. The zero-order valence-corrected chi connectivity index (χ0v) is 10.4. The maximum atomic E-state index is 7.83. The first-order valence-corrected chi connectivity index (χ1v) is 7.72. The first kappa shape index (κ1) is 15.7. The predicted molar refractivity (Wildman–Crippen MR) is 61.8 cm³/mol. The van der Waals surface area contributed by atoms with Gasteiger partial charge in [0.25, 0.3) is 0 Å². The van der Waals surface area contributed by atoms with Gasteiger partial charge in [-0.15, -0.1) is 11.4 Å².